The highest BCUT2D eigenvalue weighted by Gasteiger charge is 2.09. The van der Waals surface area contributed by atoms with Crippen LogP contribution < -0.4 is 4.74 Å². The van der Waals surface area contributed by atoms with Crippen LogP contribution in [0.4, 0.5) is 0 Å². The van der Waals surface area contributed by atoms with Gasteiger partial charge in [0.2, 0.25) is 5.91 Å². The number of amides is 1. The topological polar surface area (TPSA) is 29.5 Å². The zero-order valence-corrected chi connectivity index (χ0v) is 10.2. The van der Waals surface area contributed by atoms with E-state index in [1.54, 1.807) is 7.11 Å². The van der Waals surface area contributed by atoms with E-state index < -0.39 is 0 Å². The van der Waals surface area contributed by atoms with E-state index in [2.05, 4.69) is 0 Å². The maximum atomic E-state index is 11.8. The molecule has 0 bridgehead atoms. The monoisotopic (exact) mass is 221 g/mol. The molecule has 0 aromatic heterocycles. The highest BCUT2D eigenvalue weighted by molar-refractivity contribution is 5.78. The van der Waals surface area contributed by atoms with Crippen molar-refractivity contribution < 1.29 is 9.53 Å². The molecule has 0 aliphatic rings. The third kappa shape index (κ3) is 3.26. The van der Waals surface area contributed by atoms with Gasteiger partial charge in [-0.25, -0.2) is 0 Å². The summed E-state index contributed by atoms with van der Waals surface area (Å²) in [7, 11) is 1.63. The van der Waals surface area contributed by atoms with Crippen molar-refractivity contribution in [1.29, 1.82) is 0 Å². The Labute approximate surface area is 97.0 Å². The standard InChI is InChI=1S/C13H19NO2/c1-4-14(5-2)13(15)10-11-6-8-12(16-3)9-7-11/h6-9H,4-5,10H2,1-3H3. The Bertz CT molecular complexity index is 328. The molecule has 16 heavy (non-hydrogen) atoms. The van der Waals surface area contributed by atoms with Gasteiger partial charge in [0, 0.05) is 13.1 Å². The summed E-state index contributed by atoms with van der Waals surface area (Å²) in [6, 6.07) is 7.62. The average Bonchev–Trinajstić information content (AvgIpc) is 2.31. The molecule has 3 heteroatoms. The van der Waals surface area contributed by atoms with Crippen LogP contribution in [-0.4, -0.2) is 31.0 Å². The lowest BCUT2D eigenvalue weighted by molar-refractivity contribution is -0.130. The van der Waals surface area contributed by atoms with E-state index in [0.29, 0.717) is 6.42 Å². The molecule has 0 aliphatic heterocycles. The predicted octanol–water partition coefficient (Wildman–Crippen LogP) is 2.11. The minimum Gasteiger partial charge on any atom is -0.497 e. The van der Waals surface area contributed by atoms with Crippen LogP contribution in [0.15, 0.2) is 24.3 Å². The molecule has 1 amide bonds. The van der Waals surface area contributed by atoms with Crippen molar-refractivity contribution in [2.24, 2.45) is 0 Å². The molecule has 0 saturated heterocycles. The molecule has 0 unspecified atom stereocenters. The Hall–Kier alpha value is -1.51. The zero-order chi connectivity index (χ0) is 12.0. The minimum atomic E-state index is 0.176. The summed E-state index contributed by atoms with van der Waals surface area (Å²) in [5.74, 6) is 0.995. The number of benzene rings is 1. The number of hydrogen-bond donors (Lipinski definition) is 0. The number of hydrogen-bond acceptors (Lipinski definition) is 2. The number of nitrogens with zero attached hydrogens (tertiary/aromatic N) is 1. The SMILES string of the molecule is CCN(CC)C(=O)Cc1ccc(OC)cc1. The van der Waals surface area contributed by atoms with Gasteiger partial charge < -0.3 is 9.64 Å². The summed E-state index contributed by atoms with van der Waals surface area (Å²) in [6.45, 7) is 5.53. The molecule has 1 aromatic rings. The molecule has 1 aromatic carbocycles. The second-order valence-corrected chi connectivity index (χ2v) is 3.59. The molecule has 1 rings (SSSR count). The lowest BCUT2D eigenvalue weighted by atomic mass is 10.1. The first-order valence-electron chi connectivity index (χ1n) is 5.62. The molecule has 0 aliphatic carbocycles. The molecule has 0 spiro atoms. The van der Waals surface area contributed by atoms with Gasteiger partial charge in [0.25, 0.3) is 0 Å². The minimum absolute atomic E-state index is 0.176. The average molecular weight is 221 g/mol. The lowest BCUT2D eigenvalue weighted by Crippen LogP contribution is -2.31. The van der Waals surface area contributed by atoms with Crippen LogP contribution in [0.5, 0.6) is 5.75 Å². The van der Waals surface area contributed by atoms with E-state index in [9.17, 15) is 4.79 Å². The number of methoxy groups -OCH3 is 1. The van der Waals surface area contributed by atoms with E-state index in [4.69, 9.17) is 4.74 Å². The summed E-state index contributed by atoms with van der Waals surface area (Å²) in [5, 5.41) is 0. The van der Waals surface area contributed by atoms with Gasteiger partial charge in [0.1, 0.15) is 5.75 Å². The normalized spacial score (nSPS) is 9.94. The van der Waals surface area contributed by atoms with E-state index in [1.165, 1.54) is 0 Å². The van der Waals surface area contributed by atoms with Crippen molar-refractivity contribution in [2.75, 3.05) is 20.2 Å². The number of rotatable bonds is 5. The number of ether oxygens (including phenoxy) is 1. The fourth-order valence-corrected chi connectivity index (χ4v) is 1.61. The maximum absolute atomic E-state index is 11.8. The van der Waals surface area contributed by atoms with Gasteiger partial charge in [-0.05, 0) is 31.5 Å². The molecule has 3 nitrogen and oxygen atoms in total. The van der Waals surface area contributed by atoms with E-state index in [-0.39, 0.29) is 5.91 Å². The summed E-state index contributed by atoms with van der Waals surface area (Å²) in [6.07, 6.45) is 0.464. The fourth-order valence-electron chi connectivity index (χ4n) is 1.61. The number of carbonyl (C=O) groups excluding carboxylic acids is 1. The summed E-state index contributed by atoms with van der Waals surface area (Å²) in [4.78, 5) is 13.7. The summed E-state index contributed by atoms with van der Waals surface area (Å²) in [5.41, 5.74) is 1.03. The van der Waals surface area contributed by atoms with E-state index in [1.807, 2.05) is 43.0 Å². The van der Waals surface area contributed by atoms with Crippen LogP contribution in [0, 0.1) is 0 Å². The Kier molecular flexibility index (Phi) is 4.83. The summed E-state index contributed by atoms with van der Waals surface area (Å²) >= 11 is 0. The largest absolute Gasteiger partial charge is 0.497 e. The highest BCUT2D eigenvalue weighted by Crippen LogP contribution is 2.12. The van der Waals surface area contributed by atoms with Gasteiger partial charge in [-0.15, -0.1) is 0 Å². The van der Waals surface area contributed by atoms with Crippen molar-refractivity contribution in [2.45, 2.75) is 20.3 Å². The van der Waals surface area contributed by atoms with Gasteiger partial charge in [0.15, 0.2) is 0 Å². The van der Waals surface area contributed by atoms with Crippen LogP contribution in [0.25, 0.3) is 0 Å². The molecule has 0 N–H and O–H groups in total. The van der Waals surface area contributed by atoms with Crippen LogP contribution in [0.1, 0.15) is 19.4 Å². The molecule has 0 heterocycles. The van der Waals surface area contributed by atoms with Crippen LogP contribution in [0.2, 0.25) is 0 Å². The van der Waals surface area contributed by atoms with Crippen LogP contribution >= 0.6 is 0 Å². The molecule has 0 fully saturated rings. The quantitative estimate of drug-likeness (QED) is 0.762. The highest BCUT2D eigenvalue weighted by atomic mass is 16.5. The van der Waals surface area contributed by atoms with Crippen molar-refractivity contribution in [3.8, 4) is 5.75 Å². The third-order valence-electron chi connectivity index (χ3n) is 2.63. The van der Waals surface area contributed by atoms with E-state index in [0.717, 1.165) is 24.4 Å². The Morgan fingerprint density at radius 1 is 1.19 bits per heavy atom. The Balaban J connectivity index is 2.62. The number of likely N-dealkylation sites (N-methyl/N-ethyl adjacent to an activating group) is 1. The zero-order valence-electron chi connectivity index (χ0n) is 10.2. The van der Waals surface area contributed by atoms with Gasteiger partial charge in [-0.1, -0.05) is 12.1 Å². The number of carbonyl (C=O) groups is 1. The summed E-state index contributed by atoms with van der Waals surface area (Å²) < 4.78 is 5.07. The molecule has 0 saturated carbocycles. The van der Waals surface area contributed by atoms with E-state index >= 15 is 0 Å². The molecular formula is C13H19NO2. The first-order chi connectivity index (χ1) is 7.71. The lowest BCUT2D eigenvalue weighted by Gasteiger charge is -2.18. The first kappa shape index (κ1) is 12.6. The maximum Gasteiger partial charge on any atom is 0.226 e. The Morgan fingerprint density at radius 2 is 1.75 bits per heavy atom. The smallest absolute Gasteiger partial charge is 0.226 e. The Morgan fingerprint density at radius 3 is 2.19 bits per heavy atom. The van der Waals surface area contributed by atoms with Crippen molar-refractivity contribution >= 4 is 5.91 Å². The first-order valence-corrected chi connectivity index (χ1v) is 5.62. The fraction of sp³-hybridized carbons (Fsp3) is 0.462. The second kappa shape index (κ2) is 6.16. The van der Waals surface area contributed by atoms with Crippen LogP contribution in [0.3, 0.4) is 0 Å². The van der Waals surface area contributed by atoms with Crippen molar-refractivity contribution in [1.82, 2.24) is 4.90 Å². The predicted molar refractivity (Wildman–Crippen MR) is 64.6 cm³/mol. The van der Waals surface area contributed by atoms with Gasteiger partial charge in [-0.3, -0.25) is 4.79 Å². The van der Waals surface area contributed by atoms with Crippen molar-refractivity contribution in [3.63, 3.8) is 0 Å². The molecule has 88 valence electrons. The van der Waals surface area contributed by atoms with Crippen LogP contribution in [-0.2, 0) is 11.2 Å². The van der Waals surface area contributed by atoms with Gasteiger partial charge in [-0.2, -0.15) is 0 Å². The molecule has 0 radical (unpaired) electrons. The van der Waals surface area contributed by atoms with Gasteiger partial charge >= 0.3 is 0 Å². The second-order valence-electron chi connectivity index (χ2n) is 3.59. The molecule has 0 atom stereocenters. The third-order valence-corrected chi connectivity index (χ3v) is 2.63. The van der Waals surface area contributed by atoms with Crippen molar-refractivity contribution in [3.05, 3.63) is 29.8 Å². The van der Waals surface area contributed by atoms with Gasteiger partial charge in [0.05, 0.1) is 13.5 Å². The molecular weight excluding hydrogens is 202 g/mol.